The van der Waals surface area contributed by atoms with Gasteiger partial charge in [-0.25, -0.2) is 4.79 Å². The van der Waals surface area contributed by atoms with Gasteiger partial charge in [-0.2, -0.15) is 0 Å². The lowest BCUT2D eigenvalue weighted by Crippen LogP contribution is -2.15. The Hall–Kier alpha value is -0.830. The summed E-state index contributed by atoms with van der Waals surface area (Å²) in [5.41, 5.74) is -0.193. The van der Waals surface area contributed by atoms with Crippen LogP contribution in [0.25, 0.3) is 0 Å². The predicted octanol–water partition coefficient (Wildman–Crippen LogP) is 0.914. The first-order valence-electron chi connectivity index (χ1n) is 3.08. The molecule has 0 spiro atoms. The zero-order valence-electron chi connectivity index (χ0n) is 6.22. The third kappa shape index (κ3) is 3.18. The lowest BCUT2D eigenvalue weighted by molar-refractivity contribution is -0.139. The Bertz CT molecular complexity index is 186. The van der Waals surface area contributed by atoms with E-state index in [-0.39, 0.29) is 18.1 Å². The van der Waals surface area contributed by atoms with Crippen molar-refractivity contribution in [1.82, 2.24) is 0 Å². The standard InChI is InChI=1S/C7H9ClO3/c1-3-11-7(10)5(2)6(9)4-8/h2-4H2,1H3. The average Bonchev–Trinajstić information content (AvgIpc) is 2.02. The first kappa shape index (κ1) is 10.2. The Labute approximate surface area is 70.0 Å². The van der Waals surface area contributed by atoms with Crippen LogP contribution in [0.5, 0.6) is 0 Å². The van der Waals surface area contributed by atoms with Crippen LogP contribution in [0.2, 0.25) is 0 Å². The topological polar surface area (TPSA) is 43.4 Å². The van der Waals surface area contributed by atoms with Gasteiger partial charge in [-0.15, -0.1) is 11.6 Å². The van der Waals surface area contributed by atoms with Gasteiger partial charge in [0.1, 0.15) is 0 Å². The minimum Gasteiger partial charge on any atom is -0.462 e. The number of rotatable bonds is 4. The molecule has 0 unspecified atom stereocenters. The van der Waals surface area contributed by atoms with Crippen molar-refractivity contribution in [2.45, 2.75) is 6.92 Å². The fourth-order valence-electron chi connectivity index (χ4n) is 0.413. The largest absolute Gasteiger partial charge is 0.462 e. The lowest BCUT2D eigenvalue weighted by atomic mass is 10.2. The van der Waals surface area contributed by atoms with E-state index in [9.17, 15) is 9.59 Å². The second-order valence-corrected chi connectivity index (χ2v) is 2.02. The summed E-state index contributed by atoms with van der Waals surface area (Å²) >= 11 is 5.17. The summed E-state index contributed by atoms with van der Waals surface area (Å²) in [7, 11) is 0. The number of carbonyl (C=O) groups excluding carboxylic acids is 2. The van der Waals surface area contributed by atoms with Crippen molar-refractivity contribution < 1.29 is 14.3 Å². The van der Waals surface area contributed by atoms with Crippen LogP contribution in [0.1, 0.15) is 6.92 Å². The number of halogens is 1. The molecule has 0 saturated heterocycles. The average molecular weight is 177 g/mol. The molecule has 0 atom stereocenters. The number of ether oxygens (including phenoxy) is 1. The van der Waals surface area contributed by atoms with E-state index < -0.39 is 11.8 Å². The molecule has 4 heteroatoms. The molecular formula is C7H9ClO3. The zero-order valence-corrected chi connectivity index (χ0v) is 6.98. The van der Waals surface area contributed by atoms with E-state index in [1.165, 1.54) is 0 Å². The van der Waals surface area contributed by atoms with E-state index in [1.807, 2.05) is 0 Å². The van der Waals surface area contributed by atoms with Gasteiger partial charge in [0, 0.05) is 0 Å². The normalized spacial score (nSPS) is 8.91. The molecule has 11 heavy (non-hydrogen) atoms. The molecule has 0 aliphatic carbocycles. The highest BCUT2D eigenvalue weighted by Gasteiger charge is 2.14. The van der Waals surface area contributed by atoms with Gasteiger partial charge in [-0.1, -0.05) is 6.58 Å². The maximum atomic E-state index is 10.7. The van der Waals surface area contributed by atoms with Crippen molar-refractivity contribution in [2.24, 2.45) is 0 Å². The molecule has 0 aromatic rings. The predicted molar refractivity (Wildman–Crippen MR) is 41.5 cm³/mol. The van der Waals surface area contributed by atoms with Crippen LogP contribution >= 0.6 is 11.6 Å². The molecule has 62 valence electrons. The van der Waals surface area contributed by atoms with Gasteiger partial charge in [-0.3, -0.25) is 4.79 Å². The van der Waals surface area contributed by atoms with Gasteiger partial charge in [0.2, 0.25) is 0 Å². The van der Waals surface area contributed by atoms with E-state index in [0.717, 1.165) is 0 Å². The van der Waals surface area contributed by atoms with Gasteiger partial charge in [0.15, 0.2) is 5.78 Å². The number of esters is 1. The molecule has 0 N–H and O–H groups in total. The van der Waals surface area contributed by atoms with Gasteiger partial charge >= 0.3 is 5.97 Å². The lowest BCUT2D eigenvalue weighted by Gasteiger charge is -2.00. The van der Waals surface area contributed by atoms with Crippen molar-refractivity contribution in [3.05, 3.63) is 12.2 Å². The smallest absolute Gasteiger partial charge is 0.341 e. The number of hydrogen-bond acceptors (Lipinski definition) is 3. The van der Waals surface area contributed by atoms with Gasteiger partial charge in [-0.05, 0) is 6.92 Å². The number of carbonyl (C=O) groups is 2. The Morgan fingerprint density at radius 3 is 2.45 bits per heavy atom. The Morgan fingerprint density at radius 2 is 2.09 bits per heavy atom. The van der Waals surface area contributed by atoms with Gasteiger partial charge in [0.25, 0.3) is 0 Å². The summed E-state index contributed by atoms with van der Waals surface area (Å²) in [6, 6.07) is 0. The van der Waals surface area contributed by atoms with E-state index in [4.69, 9.17) is 11.6 Å². The fourth-order valence-corrected chi connectivity index (χ4v) is 0.574. The van der Waals surface area contributed by atoms with Crippen LogP contribution in [-0.2, 0) is 14.3 Å². The highest BCUT2D eigenvalue weighted by atomic mass is 35.5. The number of ketones is 1. The summed E-state index contributed by atoms with van der Waals surface area (Å²) in [4.78, 5) is 21.4. The molecule has 3 nitrogen and oxygen atoms in total. The van der Waals surface area contributed by atoms with Crippen molar-refractivity contribution in [2.75, 3.05) is 12.5 Å². The number of Topliss-reactive ketones (excluding diaryl/α,β-unsaturated/α-hetero) is 1. The molecule has 0 heterocycles. The molecule has 0 aliphatic heterocycles. The summed E-state index contributed by atoms with van der Waals surface area (Å²) in [6.45, 7) is 5.11. The molecular weight excluding hydrogens is 168 g/mol. The monoisotopic (exact) mass is 176 g/mol. The van der Waals surface area contributed by atoms with E-state index in [1.54, 1.807) is 6.92 Å². The Kier molecular flexibility index (Phi) is 4.54. The van der Waals surface area contributed by atoms with Gasteiger partial charge in [0.05, 0.1) is 18.1 Å². The third-order valence-corrected chi connectivity index (χ3v) is 1.22. The Morgan fingerprint density at radius 1 is 1.55 bits per heavy atom. The van der Waals surface area contributed by atoms with Crippen LogP contribution in [0.4, 0.5) is 0 Å². The molecule has 0 radical (unpaired) electrons. The molecule has 0 aromatic heterocycles. The molecule has 0 rings (SSSR count). The summed E-state index contributed by atoms with van der Waals surface area (Å²) < 4.78 is 4.51. The molecule has 0 aliphatic rings. The molecule has 0 fully saturated rings. The first-order valence-corrected chi connectivity index (χ1v) is 3.62. The van der Waals surface area contributed by atoms with Crippen molar-refractivity contribution in [3.8, 4) is 0 Å². The SMILES string of the molecule is C=C(C(=O)CCl)C(=O)OCC. The summed E-state index contributed by atoms with van der Waals surface area (Å²) in [6.07, 6.45) is 0. The van der Waals surface area contributed by atoms with Crippen LogP contribution in [0.3, 0.4) is 0 Å². The highest BCUT2D eigenvalue weighted by molar-refractivity contribution is 6.34. The molecule has 0 saturated carbocycles. The van der Waals surface area contributed by atoms with Gasteiger partial charge < -0.3 is 4.74 Å². The van der Waals surface area contributed by atoms with Crippen LogP contribution in [-0.4, -0.2) is 24.2 Å². The maximum absolute atomic E-state index is 10.7. The minimum atomic E-state index is -0.696. The van der Waals surface area contributed by atoms with E-state index >= 15 is 0 Å². The number of alkyl halides is 1. The van der Waals surface area contributed by atoms with E-state index in [0.29, 0.717) is 0 Å². The third-order valence-electron chi connectivity index (χ3n) is 0.980. The zero-order chi connectivity index (χ0) is 8.85. The van der Waals surface area contributed by atoms with E-state index in [2.05, 4.69) is 11.3 Å². The molecule has 0 aromatic carbocycles. The minimum absolute atomic E-state index is 0.193. The van der Waals surface area contributed by atoms with Crippen molar-refractivity contribution in [1.29, 1.82) is 0 Å². The highest BCUT2D eigenvalue weighted by Crippen LogP contribution is 1.97. The molecule has 0 bridgehead atoms. The number of hydrogen-bond donors (Lipinski definition) is 0. The first-order chi connectivity index (χ1) is 5.13. The molecule has 0 amide bonds. The van der Waals surface area contributed by atoms with Crippen LogP contribution < -0.4 is 0 Å². The maximum Gasteiger partial charge on any atom is 0.341 e. The van der Waals surface area contributed by atoms with Crippen molar-refractivity contribution in [3.63, 3.8) is 0 Å². The second kappa shape index (κ2) is 4.91. The quantitative estimate of drug-likeness (QED) is 0.210. The van der Waals surface area contributed by atoms with Crippen LogP contribution in [0, 0.1) is 0 Å². The second-order valence-electron chi connectivity index (χ2n) is 1.76. The Balaban J connectivity index is 4.03. The fraction of sp³-hybridized carbons (Fsp3) is 0.429. The summed E-state index contributed by atoms with van der Waals surface area (Å²) in [5, 5.41) is 0. The summed E-state index contributed by atoms with van der Waals surface area (Å²) in [5.74, 6) is -1.43. The van der Waals surface area contributed by atoms with Crippen molar-refractivity contribution >= 4 is 23.4 Å². The van der Waals surface area contributed by atoms with Crippen LogP contribution in [0.15, 0.2) is 12.2 Å².